The average molecular weight is 122 g/mol. The molecule has 1 aliphatic rings. The number of rotatable bonds is 1. The van der Waals surface area contributed by atoms with E-state index in [1.165, 1.54) is 6.42 Å². The van der Waals surface area contributed by atoms with E-state index in [0.717, 1.165) is 12.0 Å². The Morgan fingerprint density at radius 3 is 2.00 bits per heavy atom. The first kappa shape index (κ1) is 7.25. The molecule has 0 amide bonds. The van der Waals surface area contributed by atoms with Gasteiger partial charge in [0.2, 0.25) is 0 Å². The minimum absolute atomic E-state index is 0. The quantitative estimate of drug-likeness (QED) is 0.547. The Labute approximate surface area is 50.9 Å². The van der Waals surface area contributed by atoms with Crippen molar-refractivity contribution in [3.8, 4) is 0 Å². The van der Waals surface area contributed by atoms with Crippen molar-refractivity contribution in [1.82, 2.24) is 5.32 Å². The average Bonchev–Trinajstić information content (AvgIpc) is 2.19. The summed E-state index contributed by atoms with van der Waals surface area (Å²) >= 11 is 0. The van der Waals surface area contributed by atoms with E-state index in [1.807, 2.05) is 7.05 Å². The molecule has 1 aliphatic carbocycles. The predicted octanol–water partition coefficient (Wildman–Crippen LogP) is 1.04. The second-order valence-electron chi connectivity index (χ2n) is 2.11. The molecule has 0 radical (unpaired) electrons. The summed E-state index contributed by atoms with van der Waals surface area (Å²) in [5.74, 6) is 0.954. The third kappa shape index (κ3) is 1.66. The van der Waals surface area contributed by atoms with E-state index in [2.05, 4.69) is 12.2 Å². The first-order chi connectivity index (χ1) is 2.84. The SMILES string of the molecule is CN[C@@H]1C[C@H]1C.Cl. The van der Waals surface area contributed by atoms with Crippen molar-refractivity contribution < 1.29 is 0 Å². The molecule has 1 nitrogen and oxygen atoms in total. The summed E-state index contributed by atoms with van der Waals surface area (Å²) in [4.78, 5) is 0. The van der Waals surface area contributed by atoms with Crippen LogP contribution in [0.3, 0.4) is 0 Å². The highest BCUT2D eigenvalue weighted by Gasteiger charge is 2.29. The zero-order valence-electron chi connectivity index (χ0n) is 4.77. The van der Waals surface area contributed by atoms with E-state index in [9.17, 15) is 0 Å². The molecule has 44 valence electrons. The van der Waals surface area contributed by atoms with Crippen LogP contribution < -0.4 is 5.32 Å². The molecule has 0 bridgehead atoms. The Kier molecular flexibility index (Phi) is 2.62. The van der Waals surface area contributed by atoms with Crippen molar-refractivity contribution in [3.63, 3.8) is 0 Å². The van der Waals surface area contributed by atoms with Gasteiger partial charge in [-0.1, -0.05) is 6.92 Å². The highest BCUT2D eigenvalue weighted by atomic mass is 35.5. The zero-order chi connectivity index (χ0) is 4.57. The van der Waals surface area contributed by atoms with Crippen LogP contribution in [0.4, 0.5) is 0 Å². The molecule has 1 rings (SSSR count). The maximum atomic E-state index is 3.19. The minimum atomic E-state index is 0. The first-order valence-electron chi connectivity index (χ1n) is 2.52. The van der Waals surface area contributed by atoms with Crippen LogP contribution in [0.5, 0.6) is 0 Å². The van der Waals surface area contributed by atoms with E-state index in [-0.39, 0.29) is 12.4 Å². The van der Waals surface area contributed by atoms with Crippen LogP contribution in [0, 0.1) is 5.92 Å². The van der Waals surface area contributed by atoms with Crippen molar-refractivity contribution in [2.24, 2.45) is 5.92 Å². The molecule has 1 saturated carbocycles. The lowest BCUT2D eigenvalue weighted by Crippen LogP contribution is -2.09. The fraction of sp³-hybridized carbons (Fsp3) is 1.00. The summed E-state index contributed by atoms with van der Waals surface area (Å²) in [5, 5.41) is 3.19. The molecule has 0 aliphatic heterocycles. The Morgan fingerprint density at radius 1 is 1.57 bits per heavy atom. The van der Waals surface area contributed by atoms with Crippen LogP contribution in [0.1, 0.15) is 13.3 Å². The Bertz CT molecular complexity index is 54.0. The molecule has 2 atom stereocenters. The van der Waals surface area contributed by atoms with Gasteiger partial charge in [0.25, 0.3) is 0 Å². The third-order valence-corrected chi connectivity index (χ3v) is 1.48. The van der Waals surface area contributed by atoms with Crippen molar-refractivity contribution in [3.05, 3.63) is 0 Å². The van der Waals surface area contributed by atoms with Gasteiger partial charge in [0.1, 0.15) is 0 Å². The number of halogens is 1. The van der Waals surface area contributed by atoms with Gasteiger partial charge < -0.3 is 5.32 Å². The molecule has 0 spiro atoms. The number of hydrogen-bond acceptors (Lipinski definition) is 1. The second-order valence-corrected chi connectivity index (χ2v) is 2.11. The molecule has 1 N–H and O–H groups in total. The normalized spacial score (nSPS) is 36.9. The van der Waals surface area contributed by atoms with Crippen LogP contribution in [-0.4, -0.2) is 13.1 Å². The van der Waals surface area contributed by atoms with E-state index in [0.29, 0.717) is 0 Å². The summed E-state index contributed by atoms with van der Waals surface area (Å²) in [6.07, 6.45) is 1.39. The number of nitrogens with one attached hydrogen (secondary N) is 1. The van der Waals surface area contributed by atoms with Crippen molar-refractivity contribution in [2.45, 2.75) is 19.4 Å². The lowest BCUT2D eigenvalue weighted by Gasteiger charge is -1.84. The van der Waals surface area contributed by atoms with Gasteiger partial charge in [0.15, 0.2) is 0 Å². The van der Waals surface area contributed by atoms with Crippen LogP contribution in [-0.2, 0) is 0 Å². The topological polar surface area (TPSA) is 12.0 Å². The summed E-state index contributed by atoms with van der Waals surface area (Å²) in [6, 6.07) is 0.852. The third-order valence-electron chi connectivity index (χ3n) is 1.48. The molecule has 0 heterocycles. The van der Waals surface area contributed by atoms with E-state index >= 15 is 0 Å². The van der Waals surface area contributed by atoms with Crippen LogP contribution in [0.15, 0.2) is 0 Å². The molecule has 0 unspecified atom stereocenters. The molecule has 0 saturated heterocycles. The van der Waals surface area contributed by atoms with E-state index in [1.54, 1.807) is 0 Å². The molecular weight excluding hydrogens is 110 g/mol. The second kappa shape index (κ2) is 2.53. The summed E-state index contributed by atoms with van der Waals surface area (Å²) in [7, 11) is 2.02. The van der Waals surface area contributed by atoms with Gasteiger partial charge in [-0.15, -0.1) is 12.4 Å². The Balaban J connectivity index is 0.000000360. The maximum Gasteiger partial charge on any atom is 0.00933 e. The van der Waals surface area contributed by atoms with Gasteiger partial charge in [-0.3, -0.25) is 0 Å². The van der Waals surface area contributed by atoms with Crippen LogP contribution in [0.25, 0.3) is 0 Å². The Hall–Kier alpha value is 0.250. The Morgan fingerprint density at radius 2 is 2.00 bits per heavy atom. The highest BCUT2D eigenvalue weighted by Crippen LogP contribution is 2.27. The molecule has 1 fully saturated rings. The summed E-state index contributed by atoms with van der Waals surface area (Å²) < 4.78 is 0. The van der Waals surface area contributed by atoms with Crippen LogP contribution in [0.2, 0.25) is 0 Å². The van der Waals surface area contributed by atoms with Crippen molar-refractivity contribution in [2.75, 3.05) is 7.05 Å². The summed E-state index contributed by atoms with van der Waals surface area (Å²) in [5.41, 5.74) is 0. The van der Waals surface area contributed by atoms with Gasteiger partial charge in [-0.25, -0.2) is 0 Å². The molecular formula is C5H12ClN. The molecule has 0 aromatic heterocycles. The number of hydrogen-bond donors (Lipinski definition) is 1. The maximum absolute atomic E-state index is 3.19. The molecule has 2 heteroatoms. The predicted molar refractivity (Wildman–Crippen MR) is 33.9 cm³/mol. The van der Waals surface area contributed by atoms with Gasteiger partial charge in [-0.2, -0.15) is 0 Å². The first-order valence-corrected chi connectivity index (χ1v) is 2.52. The molecule has 0 aromatic rings. The van der Waals surface area contributed by atoms with Gasteiger partial charge >= 0.3 is 0 Å². The largest absolute Gasteiger partial charge is 0.317 e. The van der Waals surface area contributed by atoms with Crippen molar-refractivity contribution in [1.29, 1.82) is 0 Å². The van der Waals surface area contributed by atoms with Gasteiger partial charge in [-0.05, 0) is 19.4 Å². The summed E-state index contributed by atoms with van der Waals surface area (Å²) in [6.45, 7) is 2.27. The molecule has 0 aromatic carbocycles. The smallest absolute Gasteiger partial charge is 0.00933 e. The van der Waals surface area contributed by atoms with Crippen molar-refractivity contribution >= 4 is 12.4 Å². The lowest BCUT2D eigenvalue weighted by molar-refractivity contribution is 0.747. The van der Waals surface area contributed by atoms with E-state index < -0.39 is 0 Å². The fourth-order valence-corrected chi connectivity index (χ4v) is 0.724. The van der Waals surface area contributed by atoms with E-state index in [4.69, 9.17) is 0 Å². The monoisotopic (exact) mass is 121 g/mol. The zero-order valence-corrected chi connectivity index (χ0v) is 5.59. The van der Waals surface area contributed by atoms with Gasteiger partial charge in [0, 0.05) is 6.04 Å². The lowest BCUT2D eigenvalue weighted by atomic mass is 10.5. The molecule has 7 heavy (non-hydrogen) atoms. The van der Waals surface area contributed by atoms with Crippen LogP contribution >= 0.6 is 12.4 Å². The standard InChI is InChI=1S/C5H11N.ClH/c1-4-3-5(4)6-2;/h4-6H,3H2,1-2H3;1H/t4-,5-;/m1./s1. The van der Waals surface area contributed by atoms with Gasteiger partial charge in [0.05, 0.1) is 0 Å². The highest BCUT2D eigenvalue weighted by molar-refractivity contribution is 5.85. The minimum Gasteiger partial charge on any atom is -0.317 e. The fourth-order valence-electron chi connectivity index (χ4n) is 0.724.